The van der Waals surface area contributed by atoms with Gasteiger partial charge in [-0.25, -0.2) is 5.48 Å². The Kier molecular flexibility index (Phi) is 6.20. The van der Waals surface area contributed by atoms with Crippen LogP contribution in [0.1, 0.15) is 27.0 Å². The number of nitrogens with two attached hydrogens (primary N) is 1. The molecule has 1 aromatic heterocycles. The number of fused-ring (bicyclic) bond motifs is 1. The van der Waals surface area contributed by atoms with Gasteiger partial charge in [0.05, 0.1) is 12.1 Å². The van der Waals surface area contributed by atoms with Gasteiger partial charge in [-0.05, 0) is 59.5 Å². The summed E-state index contributed by atoms with van der Waals surface area (Å²) in [5, 5.41) is 18.4. The fourth-order valence-corrected chi connectivity index (χ4v) is 3.91. The molecule has 0 fully saturated rings. The molecule has 36 heavy (non-hydrogen) atoms. The van der Waals surface area contributed by atoms with E-state index in [9.17, 15) is 9.59 Å². The van der Waals surface area contributed by atoms with E-state index in [0.29, 0.717) is 40.6 Å². The molecule has 1 aliphatic heterocycles. The zero-order chi connectivity index (χ0) is 25.1. The summed E-state index contributed by atoms with van der Waals surface area (Å²) < 4.78 is 10.7. The zero-order valence-corrected chi connectivity index (χ0v) is 18.9. The Morgan fingerprint density at radius 1 is 0.972 bits per heavy atom. The van der Waals surface area contributed by atoms with Gasteiger partial charge >= 0.3 is 0 Å². The lowest BCUT2D eigenvalue weighted by Gasteiger charge is -2.12. The van der Waals surface area contributed by atoms with E-state index in [1.165, 1.54) is 0 Å². The summed E-state index contributed by atoms with van der Waals surface area (Å²) in [5.41, 5.74) is 11.5. The first-order valence-corrected chi connectivity index (χ1v) is 11.0. The van der Waals surface area contributed by atoms with E-state index in [1.54, 1.807) is 47.9 Å². The molecule has 11 nitrogen and oxygen atoms in total. The van der Waals surface area contributed by atoms with Crippen LogP contribution in [0.3, 0.4) is 0 Å². The number of hydroxylamine groups is 1. The quantitative estimate of drug-likeness (QED) is 0.196. The van der Waals surface area contributed by atoms with Crippen molar-refractivity contribution in [2.24, 2.45) is 0 Å². The first-order valence-electron chi connectivity index (χ1n) is 11.0. The normalized spacial score (nSPS) is 11.8. The van der Waals surface area contributed by atoms with Crippen molar-refractivity contribution in [2.75, 3.05) is 17.8 Å². The van der Waals surface area contributed by atoms with Crippen molar-refractivity contribution in [3.05, 3.63) is 82.9 Å². The van der Waals surface area contributed by atoms with Crippen LogP contribution >= 0.6 is 0 Å². The number of carbonyl (C=O) groups is 2. The average Bonchev–Trinajstić information content (AvgIpc) is 3.53. The summed E-state index contributed by atoms with van der Waals surface area (Å²) >= 11 is 0. The molecule has 182 valence electrons. The third kappa shape index (κ3) is 4.95. The second-order valence-corrected chi connectivity index (χ2v) is 8.15. The third-order valence-corrected chi connectivity index (χ3v) is 5.64. The van der Waals surface area contributed by atoms with Crippen molar-refractivity contribution in [3.8, 4) is 22.9 Å². The number of aromatic nitrogens is 3. The van der Waals surface area contributed by atoms with Gasteiger partial charge in [0.2, 0.25) is 18.6 Å². The lowest BCUT2D eigenvalue weighted by molar-refractivity contribution is -0.115. The average molecular weight is 486 g/mol. The van der Waals surface area contributed by atoms with Gasteiger partial charge in [-0.1, -0.05) is 24.3 Å². The molecule has 4 aromatic rings. The molecule has 0 bridgehead atoms. The zero-order valence-electron chi connectivity index (χ0n) is 18.9. The number of hydrogen-bond acceptors (Lipinski definition) is 8. The first-order chi connectivity index (χ1) is 17.5. The van der Waals surface area contributed by atoms with E-state index >= 15 is 0 Å². The number of hydrogen-bond donors (Lipinski definition) is 5. The lowest BCUT2D eigenvalue weighted by atomic mass is 10.00. The number of H-pyrrole nitrogens is 1. The molecule has 0 spiro atoms. The number of nitrogen functional groups attached to an aromatic ring is 1. The second-order valence-electron chi connectivity index (χ2n) is 8.15. The number of nitrogens with zero attached hydrogens (tertiary/aromatic N) is 2. The highest BCUT2D eigenvalue weighted by atomic mass is 16.7. The van der Waals surface area contributed by atoms with Crippen LogP contribution in [0.15, 0.2) is 60.7 Å². The topological polar surface area (TPSA) is 164 Å². The SMILES string of the molecule is Nc1n[nH]c(-c2cc(Cc3ccc(C(=O)NO)cc3)ccc2NC(=O)Cc2ccc3c(c2)OCO3)n1. The summed E-state index contributed by atoms with van der Waals surface area (Å²) in [7, 11) is 0. The molecule has 11 heteroatoms. The number of carbonyl (C=O) groups excluding carboxylic acids is 2. The fourth-order valence-electron chi connectivity index (χ4n) is 3.91. The molecular formula is C25H22N6O5. The molecule has 0 atom stereocenters. The Bertz CT molecular complexity index is 1430. The summed E-state index contributed by atoms with van der Waals surface area (Å²) in [6, 6.07) is 17.9. The molecule has 2 heterocycles. The number of nitrogens with one attached hydrogen (secondary N) is 3. The van der Waals surface area contributed by atoms with Gasteiger partial charge in [-0.2, -0.15) is 4.98 Å². The summed E-state index contributed by atoms with van der Waals surface area (Å²) in [6.45, 7) is 0.170. The number of aromatic amines is 1. The van der Waals surface area contributed by atoms with Gasteiger partial charge in [0.25, 0.3) is 5.91 Å². The third-order valence-electron chi connectivity index (χ3n) is 5.64. The maximum Gasteiger partial charge on any atom is 0.274 e. The number of anilines is 2. The Morgan fingerprint density at radius 2 is 1.72 bits per heavy atom. The Labute approximate surface area is 205 Å². The minimum Gasteiger partial charge on any atom is -0.454 e. The monoisotopic (exact) mass is 486 g/mol. The number of rotatable bonds is 7. The molecule has 2 amide bonds. The molecule has 0 aliphatic carbocycles. The number of ether oxygens (including phenoxy) is 2. The Morgan fingerprint density at radius 3 is 2.47 bits per heavy atom. The largest absolute Gasteiger partial charge is 0.454 e. The van der Waals surface area contributed by atoms with Crippen LogP contribution in [0.4, 0.5) is 11.6 Å². The highest BCUT2D eigenvalue weighted by Gasteiger charge is 2.17. The van der Waals surface area contributed by atoms with E-state index in [4.69, 9.17) is 20.4 Å². The fraction of sp³-hybridized carbons (Fsp3) is 0.120. The van der Waals surface area contributed by atoms with Gasteiger partial charge in [-0.15, -0.1) is 5.10 Å². The van der Waals surface area contributed by atoms with E-state index in [0.717, 1.165) is 16.7 Å². The minimum atomic E-state index is -0.576. The maximum absolute atomic E-state index is 12.9. The van der Waals surface area contributed by atoms with Gasteiger partial charge in [0, 0.05) is 11.1 Å². The van der Waals surface area contributed by atoms with Gasteiger partial charge in [-0.3, -0.25) is 19.9 Å². The molecule has 0 saturated heterocycles. The van der Waals surface area contributed by atoms with Crippen LogP contribution in [0.2, 0.25) is 0 Å². The van der Waals surface area contributed by atoms with Crippen molar-refractivity contribution in [2.45, 2.75) is 12.8 Å². The van der Waals surface area contributed by atoms with Gasteiger partial charge in [0.15, 0.2) is 17.3 Å². The summed E-state index contributed by atoms with van der Waals surface area (Å²) in [4.78, 5) is 28.6. The summed E-state index contributed by atoms with van der Waals surface area (Å²) in [6.07, 6.45) is 0.702. The van der Waals surface area contributed by atoms with Crippen LogP contribution in [-0.2, 0) is 17.6 Å². The van der Waals surface area contributed by atoms with Crippen LogP contribution in [0, 0.1) is 0 Å². The second kappa shape index (κ2) is 9.76. The van der Waals surface area contributed by atoms with Crippen molar-refractivity contribution in [1.82, 2.24) is 20.7 Å². The molecular weight excluding hydrogens is 464 g/mol. The standard InChI is InChI=1S/C25H22N6O5/c26-25-28-23(29-30-25)18-10-15(9-14-1-5-17(6-2-14)24(33)31-34)3-7-19(18)27-22(32)12-16-4-8-20-21(11-16)36-13-35-20/h1-8,10-11,34H,9,12-13H2,(H,27,32)(H,31,33)(H3,26,28,29,30). The molecule has 0 radical (unpaired) electrons. The van der Waals surface area contributed by atoms with Crippen molar-refractivity contribution < 1.29 is 24.3 Å². The van der Waals surface area contributed by atoms with Crippen molar-refractivity contribution in [1.29, 1.82) is 0 Å². The Hall–Kier alpha value is -4.90. The Balaban J connectivity index is 1.36. The van der Waals surface area contributed by atoms with Crippen molar-refractivity contribution >= 4 is 23.5 Å². The van der Waals surface area contributed by atoms with E-state index < -0.39 is 5.91 Å². The first kappa shape index (κ1) is 22.9. The van der Waals surface area contributed by atoms with Gasteiger partial charge in [0.1, 0.15) is 0 Å². The molecule has 6 N–H and O–H groups in total. The maximum atomic E-state index is 12.9. The summed E-state index contributed by atoms with van der Waals surface area (Å²) in [5.74, 6) is 0.993. The van der Waals surface area contributed by atoms with E-state index in [-0.39, 0.29) is 25.1 Å². The highest BCUT2D eigenvalue weighted by molar-refractivity contribution is 5.96. The predicted octanol–water partition coefficient (Wildman–Crippen LogP) is 2.67. The van der Waals surface area contributed by atoms with E-state index in [2.05, 4.69) is 20.5 Å². The van der Waals surface area contributed by atoms with Crippen LogP contribution in [-0.4, -0.2) is 39.0 Å². The minimum absolute atomic E-state index is 0.0887. The number of benzene rings is 3. The van der Waals surface area contributed by atoms with Crippen LogP contribution < -0.4 is 26.0 Å². The smallest absolute Gasteiger partial charge is 0.274 e. The van der Waals surface area contributed by atoms with Gasteiger partial charge < -0.3 is 20.5 Å². The van der Waals surface area contributed by atoms with Crippen LogP contribution in [0.5, 0.6) is 11.5 Å². The molecule has 0 saturated carbocycles. The van der Waals surface area contributed by atoms with Crippen LogP contribution in [0.25, 0.3) is 11.4 Å². The molecule has 3 aromatic carbocycles. The highest BCUT2D eigenvalue weighted by Crippen LogP contribution is 2.33. The van der Waals surface area contributed by atoms with E-state index in [1.807, 2.05) is 18.2 Å². The molecule has 0 unspecified atom stereocenters. The molecule has 1 aliphatic rings. The lowest BCUT2D eigenvalue weighted by Crippen LogP contribution is -2.18. The predicted molar refractivity (Wildman–Crippen MR) is 130 cm³/mol. The van der Waals surface area contributed by atoms with Crippen molar-refractivity contribution in [3.63, 3.8) is 0 Å². The number of amides is 2. The molecule has 5 rings (SSSR count).